The maximum atomic E-state index is 11.8. The molecule has 0 N–H and O–H groups in total. The first kappa shape index (κ1) is 14.2. The summed E-state index contributed by atoms with van der Waals surface area (Å²) in [5, 5.41) is 0.740. The molecule has 0 radical (unpaired) electrons. The van der Waals surface area contributed by atoms with Crippen molar-refractivity contribution in [2.24, 2.45) is 5.92 Å². The molecule has 1 atom stereocenters. The van der Waals surface area contributed by atoms with E-state index in [0.717, 1.165) is 23.6 Å². The van der Waals surface area contributed by atoms with E-state index in [4.69, 9.17) is 11.6 Å². The Labute approximate surface area is 109 Å². The molecule has 0 saturated heterocycles. The van der Waals surface area contributed by atoms with Crippen LogP contribution in [0, 0.1) is 5.92 Å². The average Bonchev–Trinajstić information content (AvgIpc) is 2.27. The first-order valence-corrected chi connectivity index (χ1v) is 6.36. The molecule has 17 heavy (non-hydrogen) atoms. The second-order valence-electron chi connectivity index (χ2n) is 4.58. The van der Waals surface area contributed by atoms with Crippen LogP contribution in [0.3, 0.4) is 0 Å². The molecule has 1 unspecified atom stereocenters. The molecule has 0 aliphatic rings. The molecule has 1 aromatic rings. The molecule has 1 rings (SSSR count). The van der Waals surface area contributed by atoms with Gasteiger partial charge in [0.15, 0.2) is 0 Å². The lowest BCUT2D eigenvalue weighted by atomic mass is 10.0. The van der Waals surface area contributed by atoms with Crippen molar-refractivity contribution in [3.63, 3.8) is 0 Å². The standard InChI is InChI=1S/C14H20ClNO/c1-4-11(2)14(17)10-16(3)9-12-6-5-7-13(15)8-12/h5-8,11H,4,9-10H2,1-3H3. The normalized spacial score (nSPS) is 12.8. The zero-order valence-corrected chi connectivity index (χ0v) is 11.5. The number of likely N-dealkylation sites (N-methyl/N-ethyl adjacent to an activating group) is 1. The van der Waals surface area contributed by atoms with E-state index in [0.29, 0.717) is 12.3 Å². The molecule has 0 aromatic heterocycles. The van der Waals surface area contributed by atoms with Gasteiger partial charge in [0.2, 0.25) is 0 Å². The Morgan fingerprint density at radius 2 is 2.18 bits per heavy atom. The monoisotopic (exact) mass is 253 g/mol. The molecule has 0 fully saturated rings. The SMILES string of the molecule is CCC(C)C(=O)CN(C)Cc1cccc(Cl)c1. The van der Waals surface area contributed by atoms with Crippen molar-refractivity contribution in [2.45, 2.75) is 26.8 Å². The van der Waals surface area contributed by atoms with Gasteiger partial charge in [-0.1, -0.05) is 37.6 Å². The van der Waals surface area contributed by atoms with Gasteiger partial charge in [0.1, 0.15) is 5.78 Å². The highest BCUT2D eigenvalue weighted by atomic mass is 35.5. The molecule has 0 bridgehead atoms. The molecule has 0 heterocycles. The molecular formula is C14H20ClNO. The number of ketones is 1. The molecule has 0 spiro atoms. The van der Waals surface area contributed by atoms with E-state index in [1.165, 1.54) is 0 Å². The van der Waals surface area contributed by atoms with Crippen LogP contribution in [0.4, 0.5) is 0 Å². The summed E-state index contributed by atoms with van der Waals surface area (Å²) in [5.41, 5.74) is 1.14. The highest BCUT2D eigenvalue weighted by Gasteiger charge is 2.13. The number of carbonyl (C=O) groups is 1. The highest BCUT2D eigenvalue weighted by Crippen LogP contribution is 2.12. The van der Waals surface area contributed by atoms with Crippen LogP contribution in [-0.2, 0) is 11.3 Å². The van der Waals surface area contributed by atoms with Gasteiger partial charge in [-0.25, -0.2) is 0 Å². The molecular weight excluding hydrogens is 234 g/mol. The number of benzene rings is 1. The second kappa shape index (κ2) is 6.77. The van der Waals surface area contributed by atoms with E-state index in [2.05, 4.69) is 0 Å². The Hall–Kier alpha value is -0.860. The minimum absolute atomic E-state index is 0.150. The summed E-state index contributed by atoms with van der Waals surface area (Å²) in [7, 11) is 1.96. The number of Topliss-reactive ketones (excluding diaryl/α,β-unsaturated/α-hetero) is 1. The van der Waals surface area contributed by atoms with E-state index in [-0.39, 0.29) is 5.92 Å². The predicted molar refractivity (Wildman–Crippen MR) is 72.2 cm³/mol. The van der Waals surface area contributed by atoms with Crippen LogP contribution in [-0.4, -0.2) is 24.3 Å². The van der Waals surface area contributed by atoms with Gasteiger partial charge in [0.05, 0.1) is 6.54 Å². The van der Waals surface area contributed by atoms with Crippen LogP contribution < -0.4 is 0 Å². The number of hydrogen-bond acceptors (Lipinski definition) is 2. The number of hydrogen-bond donors (Lipinski definition) is 0. The minimum Gasteiger partial charge on any atom is -0.298 e. The fraction of sp³-hybridized carbons (Fsp3) is 0.500. The quantitative estimate of drug-likeness (QED) is 0.775. The van der Waals surface area contributed by atoms with E-state index in [9.17, 15) is 4.79 Å². The fourth-order valence-electron chi connectivity index (χ4n) is 1.65. The third-order valence-corrected chi connectivity index (χ3v) is 3.16. The largest absolute Gasteiger partial charge is 0.298 e. The van der Waals surface area contributed by atoms with Crippen LogP contribution in [0.5, 0.6) is 0 Å². The molecule has 0 saturated carbocycles. The van der Waals surface area contributed by atoms with Crippen LogP contribution >= 0.6 is 11.6 Å². The maximum Gasteiger partial charge on any atom is 0.149 e. The third kappa shape index (κ3) is 4.88. The van der Waals surface area contributed by atoms with Crippen molar-refractivity contribution in [1.29, 1.82) is 0 Å². The van der Waals surface area contributed by atoms with Gasteiger partial charge in [0, 0.05) is 17.5 Å². The van der Waals surface area contributed by atoms with Gasteiger partial charge in [-0.2, -0.15) is 0 Å². The molecule has 3 heteroatoms. The van der Waals surface area contributed by atoms with Crippen molar-refractivity contribution < 1.29 is 4.79 Å². The van der Waals surface area contributed by atoms with Gasteiger partial charge >= 0.3 is 0 Å². The van der Waals surface area contributed by atoms with Gasteiger partial charge in [-0.15, -0.1) is 0 Å². The lowest BCUT2D eigenvalue weighted by Crippen LogP contribution is -2.28. The van der Waals surface area contributed by atoms with E-state index >= 15 is 0 Å². The molecule has 0 aliphatic heterocycles. The molecule has 94 valence electrons. The predicted octanol–water partition coefficient (Wildman–Crippen LogP) is 3.39. The third-order valence-electron chi connectivity index (χ3n) is 2.93. The Bertz CT molecular complexity index is 378. The van der Waals surface area contributed by atoms with Crippen LogP contribution in [0.2, 0.25) is 5.02 Å². The van der Waals surface area contributed by atoms with Crippen molar-refractivity contribution >= 4 is 17.4 Å². The number of rotatable bonds is 6. The summed E-state index contributed by atoms with van der Waals surface area (Å²) < 4.78 is 0. The van der Waals surface area contributed by atoms with Gasteiger partial charge in [-0.3, -0.25) is 9.69 Å². The maximum absolute atomic E-state index is 11.8. The molecule has 2 nitrogen and oxygen atoms in total. The first-order chi connectivity index (χ1) is 8.02. The van der Waals surface area contributed by atoms with Crippen LogP contribution in [0.1, 0.15) is 25.8 Å². The summed E-state index contributed by atoms with van der Waals surface area (Å²) in [6, 6.07) is 7.75. The van der Waals surface area contributed by atoms with Crippen molar-refractivity contribution in [2.75, 3.05) is 13.6 Å². The van der Waals surface area contributed by atoms with Crippen LogP contribution in [0.25, 0.3) is 0 Å². The summed E-state index contributed by atoms with van der Waals surface area (Å²) in [6.07, 6.45) is 0.907. The zero-order chi connectivity index (χ0) is 12.8. The Morgan fingerprint density at radius 3 is 2.76 bits per heavy atom. The second-order valence-corrected chi connectivity index (χ2v) is 5.01. The Balaban J connectivity index is 2.50. The fourth-order valence-corrected chi connectivity index (χ4v) is 1.87. The summed E-state index contributed by atoms with van der Waals surface area (Å²) in [5.74, 6) is 0.453. The van der Waals surface area contributed by atoms with Crippen molar-refractivity contribution in [3.05, 3.63) is 34.9 Å². The van der Waals surface area contributed by atoms with Crippen molar-refractivity contribution in [3.8, 4) is 0 Å². The summed E-state index contributed by atoms with van der Waals surface area (Å²) >= 11 is 5.92. The van der Waals surface area contributed by atoms with Crippen LogP contribution in [0.15, 0.2) is 24.3 Å². The molecule has 0 aliphatic carbocycles. The number of nitrogens with zero attached hydrogens (tertiary/aromatic N) is 1. The van der Waals surface area contributed by atoms with Gasteiger partial charge < -0.3 is 0 Å². The first-order valence-electron chi connectivity index (χ1n) is 5.98. The topological polar surface area (TPSA) is 20.3 Å². The van der Waals surface area contributed by atoms with Crippen molar-refractivity contribution in [1.82, 2.24) is 4.90 Å². The van der Waals surface area contributed by atoms with E-state index < -0.39 is 0 Å². The summed E-state index contributed by atoms with van der Waals surface area (Å²) in [4.78, 5) is 13.8. The lowest BCUT2D eigenvalue weighted by molar-refractivity contribution is -0.123. The lowest BCUT2D eigenvalue weighted by Gasteiger charge is -2.18. The van der Waals surface area contributed by atoms with E-state index in [1.54, 1.807) is 0 Å². The zero-order valence-electron chi connectivity index (χ0n) is 10.7. The van der Waals surface area contributed by atoms with E-state index in [1.807, 2.05) is 50.1 Å². The minimum atomic E-state index is 0.150. The Morgan fingerprint density at radius 1 is 1.47 bits per heavy atom. The number of carbonyl (C=O) groups excluding carboxylic acids is 1. The Kier molecular flexibility index (Phi) is 5.66. The van der Waals surface area contributed by atoms with Gasteiger partial charge in [-0.05, 0) is 31.2 Å². The average molecular weight is 254 g/mol. The van der Waals surface area contributed by atoms with Gasteiger partial charge in [0.25, 0.3) is 0 Å². The molecule has 1 aromatic carbocycles. The smallest absolute Gasteiger partial charge is 0.149 e. The molecule has 0 amide bonds. The summed E-state index contributed by atoms with van der Waals surface area (Å²) in [6.45, 7) is 5.28. The highest BCUT2D eigenvalue weighted by molar-refractivity contribution is 6.30. The number of halogens is 1.